The third kappa shape index (κ3) is 2.71. The van der Waals surface area contributed by atoms with E-state index in [1.54, 1.807) is 6.33 Å². The number of aromatic nitrogens is 4. The van der Waals surface area contributed by atoms with Gasteiger partial charge in [-0.05, 0) is 31.9 Å². The molecule has 1 saturated heterocycles. The second-order valence-electron chi connectivity index (χ2n) is 7.46. The number of nitrogens with two attached hydrogens (primary N) is 1. The molecule has 1 aliphatic heterocycles. The molecular formula is C15H21ClN5O3P. The molecule has 2 fully saturated rings. The van der Waals surface area contributed by atoms with E-state index in [9.17, 15) is 0 Å². The Morgan fingerprint density at radius 3 is 2.88 bits per heavy atom. The highest BCUT2D eigenvalue weighted by Gasteiger charge is 2.60. The number of ether oxygens (including phenoxy) is 2. The summed E-state index contributed by atoms with van der Waals surface area (Å²) in [6, 6.07) is -0.0210. The highest BCUT2D eigenvalue weighted by atomic mass is 35.5. The smallest absolute Gasteiger partial charge is 0.226 e. The monoisotopic (exact) mass is 385 g/mol. The van der Waals surface area contributed by atoms with Crippen molar-refractivity contribution < 1.29 is 14.0 Å². The van der Waals surface area contributed by atoms with Crippen molar-refractivity contribution in [1.82, 2.24) is 19.5 Å². The van der Waals surface area contributed by atoms with Gasteiger partial charge in [-0.3, -0.25) is 0 Å². The van der Waals surface area contributed by atoms with Crippen LogP contribution < -0.4 is 5.73 Å². The average Bonchev–Trinajstić information content (AvgIpc) is 3.12. The quantitative estimate of drug-likeness (QED) is 0.639. The number of rotatable bonds is 3. The van der Waals surface area contributed by atoms with Gasteiger partial charge in [0.25, 0.3) is 0 Å². The number of nitrogen functional groups attached to an aromatic ring is 1. The SMILES string of the molecule is CC1(C)OC2[C@H](O1)[C@H](n1cnc3c(N)nc(Cl)nc31)C[C@@]2(C)COP. The molecule has 5 atom stereocenters. The van der Waals surface area contributed by atoms with E-state index in [-0.39, 0.29) is 34.8 Å². The summed E-state index contributed by atoms with van der Waals surface area (Å²) >= 11 is 6.00. The Labute approximate surface area is 152 Å². The Morgan fingerprint density at radius 1 is 1.40 bits per heavy atom. The van der Waals surface area contributed by atoms with E-state index in [1.165, 1.54) is 0 Å². The van der Waals surface area contributed by atoms with Gasteiger partial charge in [-0.1, -0.05) is 6.92 Å². The third-order valence-corrected chi connectivity index (χ3v) is 5.40. The summed E-state index contributed by atoms with van der Waals surface area (Å²) in [5.41, 5.74) is 6.86. The van der Waals surface area contributed by atoms with Crippen LogP contribution >= 0.6 is 21.1 Å². The molecule has 2 unspecified atom stereocenters. The Morgan fingerprint density at radius 2 is 2.16 bits per heavy atom. The van der Waals surface area contributed by atoms with E-state index in [2.05, 4.69) is 31.3 Å². The first kappa shape index (κ1) is 17.4. The maximum absolute atomic E-state index is 6.22. The van der Waals surface area contributed by atoms with Crippen molar-refractivity contribution in [2.45, 2.75) is 51.2 Å². The molecule has 25 heavy (non-hydrogen) atoms. The Kier molecular flexibility index (Phi) is 3.98. The minimum atomic E-state index is -0.655. The second kappa shape index (κ2) is 5.72. The fourth-order valence-electron chi connectivity index (χ4n) is 4.06. The first-order valence-corrected chi connectivity index (χ1v) is 8.92. The molecule has 0 bridgehead atoms. The van der Waals surface area contributed by atoms with Crippen LogP contribution in [-0.2, 0) is 14.0 Å². The second-order valence-corrected chi connectivity index (χ2v) is 8.13. The molecule has 1 aliphatic carbocycles. The molecule has 10 heteroatoms. The average molecular weight is 386 g/mol. The number of nitrogens with zero attached hydrogens (tertiary/aromatic N) is 4. The van der Waals surface area contributed by atoms with Crippen molar-refractivity contribution in [1.29, 1.82) is 0 Å². The Bertz CT molecular complexity index is 831. The summed E-state index contributed by atoms with van der Waals surface area (Å²) in [6.07, 6.45) is 2.27. The van der Waals surface area contributed by atoms with E-state index in [0.29, 0.717) is 17.8 Å². The minimum absolute atomic E-state index is 0.0210. The van der Waals surface area contributed by atoms with Crippen molar-refractivity contribution in [3.8, 4) is 0 Å². The molecule has 0 spiro atoms. The highest BCUT2D eigenvalue weighted by molar-refractivity contribution is 7.09. The Balaban J connectivity index is 1.80. The summed E-state index contributed by atoms with van der Waals surface area (Å²) in [6.45, 7) is 6.54. The first-order chi connectivity index (χ1) is 11.7. The number of anilines is 1. The van der Waals surface area contributed by atoms with Crippen LogP contribution in [0.25, 0.3) is 11.2 Å². The van der Waals surface area contributed by atoms with Crippen LogP contribution in [0.3, 0.4) is 0 Å². The molecule has 1 saturated carbocycles. The van der Waals surface area contributed by atoms with E-state index in [0.717, 1.165) is 6.42 Å². The minimum Gasteiger partial charge on any atom is -0.382 e. The summed E-state index contributed by atoms with van der Waals surface area (Å²) in [7, 11) is 2.31. The molecule has 0 radical (unpaired) electrons. The lowest BCUT2D eigenvalue weighted by Crippen LogP contribution is -2.36. The van der Waals surface area contributed by atoms with Crippen molar-refractivity contribution in [2.75, 3.05) is 12.3 Å². The molecular weight excluding hydrogens is 365 g/mol. The van der Waals surface area contributed by atoms with Crippen LogP contribution in [0.4, 0.5) is 5.82 Å². The molecule has 0 amide bonds. The topological polar surface area (TPSA) is 97.3 Å². The van der Waals surface area contributed by atoms with Crippen molar-refractivity contribution in [3.05, 3.63) is 11.6 Å². The van der Waals surface area contributed by atoms with Crippen LogP contribution in [0, 0.1) is 5.41 Å². The van der Waals surface area contributed by atoms with Gasteiger partial charge in [-0.25, -0.2) is 4.98 Å². The van der Waals surface area contributed by atoms with E-state index in [1.807, 2.05) is 18.4 Å². The first-order valence-electron chi connectivity index (χ1n) is 8.07. The van der Waals surface area contributed by atoms with Gasteiger partial charge in [-0.2, -0.15) is 9.97 Å². The van der Waals surface area contributed by atoms with Gasteiger partial charge in [0, 0.05) is 14.9 Å². The van der Waals surface area contributed by atoms with Crippen molar-refractivity contribution in [2.24, 2.45) is 5.41 Å². The third-order valence-electron chi connectivity index (χ3n) is 5.06. The van der Waals surface area contributed by atoms with Crippen LogP contribution in [0.2, 0.25) is 5.28 Å². The number of halogens is 1. The fourth-order valence-corrected chi connectivity index (χ4v) is 4.61. The molecule has 2 N–H and O–H groups in total. The predicted octanol–water partition coefficient (Wildman–Crippen LogP) is 2.34. The summed E-state index contributed by atoms with van der Waals surface area (Å²) < 4.78 is 19.8. The zero-order chi connectivity index (χ0) is 18.0. The lowest BCUT2D eigenvalue weighted by Gasteiger charge is -2.30. The van der Waals surface area contributed by atoms with Gasteiger partial charge in [0.2, 0.25) is 5.28 Å². The zero-order valence-electron chi connectivity index (χ0n) is 14.3. The number of imidazole rings is 1. The van der Waals surface area contributed by atoms with E-state index >= 15 is 0 Å². The molecule has 2 aliphatic rings. The highest BCUT2D eigenvalue weighted by Crippen LogP contribution is 2.53. The van der Waals surface area contributed by atoms with Gasteiger partial charge in [0.1, 0.15) is 11.6 Å². The van der Waals surface area contributed by atoms with Crippen molar-refractivity contribution in [3.63, 3.8) is 0 Å². The van der Waals surface area contributed by atoms with E-state index < -0.39 is 5.79 Å². The van der Waals surface area contributed by atoms with Gasteiger partial charge in [0.15, 0.2) is 17.3 Å². The van der Waals surface area contributed by atoms with Gasteiger partial charge in [0.05, 0.1) is 25.1 Å². The molecule has 4 rings (SSSR count). The zero-order valence-corrected chi connectivity index (χ0v) is 16.2. The van der Waals surface area contributed by atoms with Crippen LogP contribution in [0.15, 0.2) is 6.33 Å². The number of fused-ring (bicyclic) bond motifs is 2. The summed E-state index contributed by atoms with van der Waals surface area (Å²) in [5.74, 6) is -0.388. The van der Waals surface area contributed by atoms with E-state index in [4.69, 9.17) is 31.3 Å². The van der Waals surface area contributed by atoms with Crippen molar-refractivity contribution >= 4 is 38.0 Å². The maximum Gasteiger partial charge on any atom is 0.226 e. The van der Waals surface area contributed by atoms with Crippen LogP contribution in [0.5, 0.6) is 0 Å². The number of hydrogen-bond donors (Lipinski definition) is 1. The van der Waals surface area contributed by atoms with Gasteiger partial charge >= 0.3 is 0 Å². The molecule has 136 valence electrons. The molecule has 0 aromatic carbocycles. The largest absolute Gasteiger partial charge is 0.382 e. The maximum atomic E-state index is 6.22. The predicted molar refractivity (Wildman–Crippen MR) is 96.0 cm³/mol. The molecule has 8 nitrogen and oxygen atoms in total. The molecule has 3 heterocycles. The standard InChI is InChI=1S/C15H21ClN5O3P/c1-14(2)23-9-7(4-15(3,5-22-25)10(9)24-14)21-6-18-8-11(17)19-13(16)20-12(8)21/h6-7,9-10H,4-5,25H2,1-3H3,(H2,17,19,20)/t7-,9-,10?,15+/m1/s1. The van der Waals surface area contributed by atoms with Gasteiger partial charge < -0.3 is 24.3 Å². The molecule has 2 aromatic rings. The number of hydrogen-bond acceptors (Lipinski definition) is 7. The Hall–Kier alpha value is -1.05. The fraction of sp³-hybridized carbons (Fsp3) is 0.667. The lowest BCUT2D eigenvalue weighted by atomic mass is 9.87. The van der Waals surface area contributed by atoms with Crippen LogP contribution in [0.1, 0.15) is 33.2 Å². The lowest BCUT2D eigenvalue weighted by molar-refractivity contribution is -0.169. The van der Waals surface area contributed by atoms with Gasteiger partial charge in [-0.15, -0.1) is 0 Å². The summed E-state index contributed by atoms with van der Waals surface area (Å²) in [5, 5.41) is 0.0984. The summed E-state index contributed by atoms with van der Waals surface area (Å²) in [4.78, 5) is 12.7. The van der Waals surface area contributed by atoms with Crippen LogP contribution in [-0.4, -0.2) is 44.1 Å². The normalized spacial score (nSPS) is 33.9. The molecule has 2 aromatic heterocycles.